The smallest absolute Gasteiger partial charge is 0.262 e. The van der Waals surface area contributed by atoms with Gasteiger partial charge in [-0.1, -0.05) is 44.2 Å². The molecule has 0 atom stereocenters. The van der Waals surface area contributed by atoms with E-state index >= 15 is 0 Å². The highest BCUT2D eigenvalue weighted by Gasteiger charge is 2.12. The van der Waals surface area contributed by atoms with Gasteiger partial charge in [-0.2, -0.15) is 0 Å². The van der Waals surface area contributed by atoms with Gasteiger partial charge < -0.3 is 10.1 Å². The number of para-hydroxylation sites is 2. The van der Waals surface area contributed by atoms with Gasteiger partial charge >= 0.3 is 0 Å². The van der Waals surface area contributed by atoms with Gasteiger partial charge in [0.2, 0.25) is 0 Å². The van der Waals surface area contributed by atoms with E-state index < -0.39 is 0 Å². The lowest BCUT2D eigenvalue weighted by molar-refractivity contribution is -0.118. The maximum absolute atomic E-state index is 12.1. The molecule has 0 aliphatic carbocycles. The van der Waals surface area contributed by atoms with E-state index in [1.807, 2.05) is 24.3 Å². The second-order valence-electron chi connectivity index (χ2n) is 5.63. The summed E-state index contributed by atoms with van der Waals surface area (Å²) < 4.78 is 5.50. The Labute approximate surface area is 136 Å². The summed E-state index contributed by atoms with van der Waals surface area (Å²) in [5.74, 6) is 0.390. The Bertz CT molecular complexity index is 707. The van der Waals surface area contributed by atoms with Crippen LogP contribution in [0.5, 0.6) is 5.75 Å². The van der Waals surface area contributed by atoms with Crippen molar-refractivity contribution in [3.63, 3.8) is 0 Å². The predicted molar refractivity (Wildman–Crippen MR) is 91.1 cm³/mol. The fraction of sp³-hybridized carbons (Fsp3) is 0.263. The molecule has 2 aromatic carbocycles. The summed E-state index contributed by atoms with van der Waals surface area (Å²) >= 11 is 0. The van der Waals surface area contributed by atoms with Crippen LogP contribution in [-0.2, 0) is 4.79 Å². The third kappa shape index (κ3) is 4.42. The van der Waals surface area contributed by atoms with Crippen molar-refractivity contribution in [2.24, 2.45) is 0 Å². The molecule has 0 heterocycles. The summed E-state index contributed by atoms with van der Waals surface area (Å²) in [6.45, 7) is 5.48. The Kier molecular flexibility index (Phi) is 5.52. The van der Waals surface area contributed by atoms with Crippen LogP contribution in [0.4, 0.5) is 5.69 Å². The minimum absolute atomic E-state index is 0.0915. The molecule has 0 fully saturated rings. The Morgan fingerprint density at radius 1 is 1.04 bits per heavy atom. The highest BCUT2D eigenvalue weighted by molar-refractivity contribution is 5.97. The molecule has 0 unspecified atom stereocenters. The second kappa shape index (κ2) is 7.58. The Morgan fingerprint density at radius 2 is 1.70 bits per heavy atom. The van der Waals surface area contributed by atoms with E-state index in [0.717, 1.165) is 11.3 Å². The molecule has 120 valence electrons. The van der Waals surface area contributed by atoms with Crippen molar-refractivity contribution in [3.8, 4) is 5.75 Å². The van der Waals surface area contributed by atoms with Crippen LogP contribution in [-0.4, -0.2) is 18.3 Å². The van der Waals surface area contributed by atoms with Gasteiger partial charge in [-0.25, -0.2) is 0 Å². The second-order valence-corrected chi connectivity index (χ2v) is 5.63. The number of nitrogens with one attached hydrogen (secondary N) is 1. The maximum Gasteiger partial charge on any atom is 0.262 e. The molecule has 0 aliphatic rings. The number of carbonyl (C=O) groups excluding carboxylic acids is 2. The Hall–Kier alpha value is -2.62. The molecular weight excluding hydrogens is 290 g/mol. The lowest BCUT2D eigenvalue weighted by atomic mass is 10.0. The standard InChI is InChI=1S/C19H21NO3/c1-13(2)15-8-4-6-10-17(15)20-19(22)12-23-18-11-7-5-9-16(18)14(3)21/h4-11,13H,12H2,1-3H3,(H,20,22). The number of amides is 1. The number of carbonyl (C=O) groups is 2. The molecule has 1 N–H and O–H groups in total. The normalized spacial score (nSPS) is 10.4. The Balaban J connectivity index is 2.03. The molecule has 2 aromatic rings. The third-order valence-corrected chi connectivity index (χ3v) is 3.48. The molecular formula is C19H21NO3. The topological polar surface area (TPSA) is 55.4 Å². The van der Waals surface area contributed by atoms with Gasteiger partial charge in [-0.3, -0.25) is 9.59 Å². The van der Waals surface area contributed by atoms with Crippen molar-refractivity contribution in [3.05, 3.63) is 59.7 Å². The van der Waals surface area contributed by atoms with Gasteiger partial charge in [-0.15, -0.1) is 0 Å². The fourth-order valence-corrected chi connectivity index (χ4v) is 2.33. The molecule has 1 amide bonds. The lowest BCUT2D eigenvalue weighted by Crippen LogP contribution is -2.21. The van der Waals surface area contributed by atoms with E-state index in [1.54, 1.807) is 24.3 Å². The van der Waals surface area contributed by atoms with E-state index in [0.29, 0.717) is 17.2 Å². The summed E-state index contributed by atoms with van der Waals surface area (Å²) in [5.41, 5.74) is 2.34. The van der Waals surface area contributed by atoms with E-state index in [9.17, 15) is 9.59 Å². The number of rotatable bonds is 6. The van der Waals surface area contributed by atoms with Crippen LogP contribution in [0.25, 0.3) is 0 Å². The molecule has 0 radical (unpaired) electrons. The van der Waals surface area contributed by atoms with Gasteiger partial charge in [0, 0.05) is 5.69 Å². The van der Waals surface area contributed by atoms with Crippen molar-refractivity contribution in [1.29, 1.82) is 0 Å². The Morgan fingerprint density at radius 3 is 2.39 bits per heavy atom. The molecule has 0 saturated heterocycles. The average Bonchev–Trinajstić information content (AvgIpc) is 2.53. The first-order valence-electron chi connectivity index (χ1n) is 7.60. The van der Waals surface area contributed by atoms with Crippen molar-refractivity contribution >= 4 is 17.4 Å². The van der Waals surface area contributed by atoms with Gasteiger partial charge in [0.1, 0.15) is 5.75 Å². The highest BCUT2D eigenvalue weighted by Crippen LogP contribution is 2.24. The average molecular weight is 311 g/mol. The molecule has 4 nitrogen and oxygen atoms in total. The monoisotopic (exact) mass is 311 g/mol. The molecule has 4 heteroatoms. The van der Waals surface area contributed by atoms with Crippen LogP contribution in [0.2, 0.25) is 0 Å². The van der Waals surface area contributed by atoms with E-state index in [2.05, 4.69) is 19.2 Å². The third-order valence-electron chi connectivity index (χ3n) is 3.48. The van der Waals surface area contributed by atoms with E-state index in [1.165, 1.54) is 6.92 Å². The van der Waals surface area contributed by atoms with E-state index in [4.69, 9.17) is 4.74 Å². The number of Topliss-reactive ketones (excluding diaryl/α,β-unsaturated/α-hetero) is 1. The van der Waals surface area contributed by atoms with Gasteiger partial charge in [0.05, 0.1) is 5.56 Å². The number of benzene rings is 2. The van der Waals surface area contributed by atoms with Crippen LogP contribution in [0.15, 0.2) is 48.5 Å². The predicted octanol–water partition coefficient (Wildman–Crippen LogP) is 4.03. The number of ketones is 1. The number of anilines is 1. The number of hydrogen-bond donors (Lipinski definition) is 1. The van der Waals surface area contributed by atoms with Crippen molar-refractivity contribution < 1.29 is 14.3 Å². The number of ether oxygens (including phenoxy) is 1. The quantitative estimate of drug-likeness (QED) is 0.819. The molecule has 2 rings (SSSR count). The van der Waals surface area contributed by atoms with Crippen molar-refractivity contribution in [2.75, 3.05) is 11.9 Å². The van der Waals surface area contributed by atoms with Crippen molar-refractivity contribution in [1.82, 2.24) is 0 Å². The first-order chi connectivity index (χ1) is 11.0. The summed E-state index contributed by atoms with van der Waals surface area (Å²) in [6, 6.07) is 14.6. The number of hydrogen-bond acceptors (Lipinski definition) is 3. The van der Waals surface area contributed by atoms with Gasteiger partial charge in [-0.05, 0) is 36.6 Å². The van der Waals surface area contributed by atoms with Gasteiger partial charge in [0.15, 0.2) is 12.4 Å². The summed E-state index contributed by atoms with van der Waals surface area (Å²) in [6.07, 6.45) is 0. The summed E-state index contributed by atoms with van der Waals surface area (Å²) in [4.78, 5) is 23.7. The zero-order valence-electron chi connectivity index (χ0n) is 13.6. The van der Waals surface area contributed by atoms with Gasteiger partial charge in [0.25, 0.3) is 5.91 Å². The molecule has 0 aliphatic heterocycles. The highest BCUT2D eigenvalue weighted by atomic mass is 16.5. The van der Waals surface area contributed by atoms with E-state index in [-0.39, 0.29) is 18.3 Å². The van der Waals surface area contributed by atoms with Crippen LogP contribution in [0.3, 0.4) is 0 Å². The van der Waals surface area contributed by atoms with Crippen LogP contribution >= 0.6 is 0 Å². The zero-order chi connectivity index (χ0) is 16.8. The first kappa shape index (κ1) is 16.7. The molecule has 0 bridgehead atoms. The van der Waals surface area contributed by atoms with Crippen LogP contribution in [0, 0.1) is 0 Å². The summed E-state index contributed by atoms with van der Waals surface area (Å²) in [5, 5.41) is 2.86. The first-order valence-corrected chi connectivity index (χ1v) is 7.60. The minimum Gasteiger partial charge on any atom is -0.483 e. The molecule has 23 heavy (non-hydrogen) atoms. The van der Waals surface area contributed by atoms with Crippen molar-refractivity contribution in [2.45, 2.75) is 26.7 Å². The van der Waals surface area contributed by atoms with Crippen LogP contribution < -0.4 is 10.1 Å². The fourth-order valence-electron chi connectivity index (χ4n) is 2.33. The summed E-state index contributed by atoms with van der Waals surface area (Å²) in [7, 11) is 0. The molecule has 0 saturated carbocycles. The zero-order valence-corrected chi connectivity index (χ0v) is 13.6. The molecule has 0 aromatic heterocycles. The van der Waals surface area contributed by atoms with Crippen LogP contribution in [0.1, 0.15) is 42.6 Å². The molecule has 0 spiro atoms. The SMILES string of the molecule is CC(=O)c1ccccc1OCC(=O)Nc1ccccc1C(C)C. The maximum atomic E-state index is 12.1. The minimum atomic E-state index is -0.253. The largest absolute Gasteiger partial charge is 0.483 e. The lowest BCUT2D eigenvalue weighted by Gasteiger charge is -2.14.